The highest BCUT2D eigenvalue weighted by molar-refractivity contribution is 7.09. The molecule has 1 amide bonds. The lowest BCUT2D eigenvalue weighted by Gasteiger charge is -2.03. The molecule has 5 heteroatoms. The van der Waals surface area contributed by atoms with Crippen LogP contribution in [0.2, 0.25) is 0 Å². The summed E-state index contributed by atoms with van der Waals surface area (Å²) in [6.45, 7) is 0.415. The zero-order chi connectivity index (χ0) is 11.4. The van der Waals surface area contributed by atoms with Crippen LogP contribution in [0.25, 0.3) is 0 Å². The number of amides is 1. The van der Waals surface area contributed by atoms with Crippen molar-refractivity contribution in [2.45, 2.75) is 6.54 Å². The monoisotopic (exact) mass is 236 g/mol. The van der Waals surface area contributed by atoms with Crippen molar-refractivity contribution in [1.29, 1.82) is 0 Å². The number of nitrogens with zero attached hydrogens (tertiary/aromatic N) is 1. The molecular formula is C11H9FN2OS. The van der Waals surface area contributed by atoms with E-state index in [0.717, 1.165) is 11.1 Å². The lowest BCUT2D eigenvalue weighted by atomic mass is 10.2. The van der Waals surface area contributed by atoms with E-state index in [1.54, 1.807) is 11.3 Å². The summed E-state index contributed by atoms with van der Waals surface area (Å²) in [5, 5.41) is 4.57. The first-order valence-corrected chi connectivity index (χ1v) is 5.55. The van der Waals surface area contributed by atoms with Crippen LogP contribution >= 0.6 is 11.3 Å². The van der Waals surface area contributed by atoms with Crippen molar-refractivity contribution in [1.82, 2.24) is 10.3 Å². The fraction of sp³-hybridized carbons (Fsp3) is 0.0909. The van der Waals surface area contributed by atoms with Gasteiger partial charge in [-0.15, -0.1) is 11.3 Å². The molecule has 0 unspecified atom stereocenters. The summed E-state index contributed by atoms with van der Waals surface area (Å²) in [6, 6.07) is 5.17. The number of nitrogens with one attached hydrogen (secondary N) is 1. The molecule has 2 aromatic rings. The Labute approximate surface area is 96.0 Å². The van der Waals surface area contributed by atoms with E-state index in [4.69, 9.17) is 0 Å². The minimum atomic E-state index is -0.605. The molecule has 0 atom stereocenters. The number of carbonyl (C=O) groups is 1. The molecule has 1 N–H and O–H groups in total. The molecule has 2 rings (SSSR count). The van der Waals surface area contributed by atoms with Crippen molar-refractivity contribution in [3.05, 3.63) is 52.2 Å². The van der Waals surface area contributed by atoms with Crippen LogP contribution in [0.3, 0.4) is 0 Å². The first-order valence-electron chi connectivity index (χ1n) is 4.67. The quantitative estimate of drug-likeness (QED) is 0.887. The molecule has 0 radical (unpaired) electrons. The maximum atomic E-state index is 13.2. The number of halogens is 1. The molecule has 0 aliphatic heterocycles. The number of hydrogen-bond acceptors (Lipinski definition) is 3. The Morgan fingerprint density at radius 1 is 1.50 bits per heavy atom. The molecule has 3 nitrogen and oxygen atoms in total. The molecule has 0 bridgehead atoms. The average Bonchev–Trinajstić information content (AvgIpc) is 2.79. The van der Waals surface area contributed by atoms with Crippen LogP contribution in [0.15, 0.2) is 36.0 Å². The second kappa shape index (κ2) is 4.85. The predicted octanol–water partition coefficient (Wildman–Crippen LogP) is 2.21. The number of pyridine rings is 1. The van der Waals surface area contributed by atoms with Gasteiger partial charge in [-0.1, -0.05) is 6.07 Å². The van der Waals surface area contributed by atoms with E-state index in [9.17, 15) is 9.18 Å². The van der Waals surface area contributed by atoms with Crippen molar-refractivity contribution >= 4 is 17.2 Å². The Hall–Kier alpha value is -1.75. The van der Waals surface area contributed by atoms with Crippen molar-refractivity contribution in [3.63, 3.8) is 0 Å². The highest BCUT2D eigenvalue weighted by atomic mass is 32.1. The molecule has 0 aromatic carbocycles. The van der Waals surface area contributed by atoms with Crippen LogP contribution in [-0.4, -0.2) is 10.9 Å². The summed E-state index contributed by atoms with van der Waals surface area (Å²) < 4.78 is 13.2. The molecular weight excluding hydrogens is 227 g/mol. The number of carbonyl (C=O) groups excluding carboxylic acids is 1. The van der Waals surface area contributed by atoms with Gasteiger partial charge in [0.05, 0.1) is 18.3 Å². The molecule has 2 heterocycles. The van der Waals surface area contributed by atoms with Crippen LogP contribution in [0.5, 0.6) is 0 Å². The van der Waals surface area contributed by atoms with Crippen LogP contribution in [0, 0.1) is 5.82 Å². The maximum absolute atomic E-state index is 13.2. The van der Waals surface area contributed by atoms with Gasteiger partial charge in [-0.2, -0.15) is 0 Å². The second-order valence-electron chi connectivity index (χ2n) is 3.12. The lowest BCUT2D eigenvalue weighted by molar-refractivity contribution is 0.0947. The number of hydrogen-bond donors (Lipinski definition) is 1. The summed E-state index contributed by atoms with van der Waals surface area (Å²) >= 11 is 1.54. The van der Waals surface area contributed by atoms with Crippen molar-refractivity contribution < 1.29 is 9.18 Å². The van der Waals surface area contributed by atoms with Crippen molar-refractivity contribution in [3.8, 4) is 0 Å². The van der Waals surface area contributed by atoms with E-state index in [-0.39, 0.29) is 5.56 Å². The topological polar surface area (TPSA) is 42.0 Å². The second-order valence-corrected chi connectivity index (χ2v) is 4.15. The van der Waals surface area contributed by atoms with Crippen LogP contribution in [0.4, 0.5) is 4.39 Å². The zero-order valence-corrected chi connectivity index (χ0v) is 9.13. The first kappa shape index (κ1) is 10.8. The Morgan fingerprint density at radius 2 is 2.38 bits per heavy atom. The van der Waals surface area contributed by atoms with Gasteiger partial charge in [0, 0.05) is 11.1 Å². The Kier molecular flexibility index (Phi) is 3.26. The van der Waals surface area contributed by atoms with Crippen LogP contribution < -0.4 is 5.32 Å². The SMILES string of the molecule is O=C(NCc1cccs1)c1ccncc1F. The summed E-state index contributed by atoms with van der Waals surface area (Å²) in [7, 11) is 0. The third-order valence-corrected chi connectivity index (χ3v) is 2.90. The zero-order valence-electron chi connectivity index (χ0n) is 8.31. The minimum absolute atomic E-state index is 0.0200. The predicted molar refractivity (Wildman–Crippen MR) is 59.7 cm³/mol. The van der Waals surface area contributed by atoms with E-state index in [1.165, 1.54) is 12.3 Å². The number of aromatic nitrogens is 1. The molecule has 0 aliphatic rings. The standard InChI is InChI=1S/C11H9FN2OS/c12-10-7-13-4-3-9(10)11(15)14-6-8-2-1-5-16-8/h1-5,7H,6H2,(H,14,15). The van der Waals surface area contributed by atoms with Gasteiger partial charge in [-0.3, -0.25) is 9.78 Å². The molecule has 0 fully saturated rings. The fourth-order valence-corrected chi connectivity index (χ4v) is 1.88. The van der Waals surface area contributed by atoms with E-state index in [0.29, 0.717) is 6.54 Å². The van der Waals surface area contributed by atoms with Crippen LogP contribution in [-0.2, 0) is 6.54 Å². The van der Waals surface area contributed by atoms with Crippen molar-refractivity contribution in [2.24, 2.45) is 0 Å². The van der Waals surface area contributed by atoms with Gasteiger partial charge < -0.3 is 5.32 Å². The van der Waals surface area contributed by atoms with E-state index in [2.05, 4.69) is 10.3 Å². The van der Waals surface area contributed by atoms with E-state index >= 15 is 0 Å². The highest BCUT2D eigenvalue weighted by Crippen LogP contribution is 2.09. The molecule has 82 valence electrons. The molecule has 0 saturated heterocycles. The Bertz CT molecular complexity index is 484. The third kappa shape index (κ3) is 2.43. The average molecular weight is 236 g/mol. The Morgan fingerprint density at radius 3 is 3.06 bits per heavy atom. The molecule has 0 spiro atoms. The minimum Gasteiger partial charge on any atom is -0.347 e. The summed E-state index contributed by atoms with van der Waals surface area (Å²) in [5.41, 5.74) is 0.0200. The van der Waals surface area contributed by atoms with Crippen molar-refractivity contribution in [2.75, 3.05) is 0 Å². The van der Waals surface area contributed by atoms with E-state index in [1.807, 2.05) is 17.5 Å². The molecule has 16 heavy (non-hydrogen) atoms. The molecule has 2 aromatic heterocycles. The summed E-state index contributed by atoms with van der Waals surface area (Å²) in [4.78, 5) is 16.2. The number of thiophene rings is 1. The van der Waals surface area contributed by atoms with Gasteiger partial charge >= 0.3 is 0 Å². The largest absolute Gasteiger partial charge is 0.347 e. The van der Waals surface area contributed by atoms with Gasteiger partial charge in [-0.05, 0) is 17.5 Å². The third-order valence-electron chi connectivity index (χ3n) is 2.02. The van der Waals surface area contributed by atoms with Gasteiger partial charge in [0.1, 0.15) is 0 Å². The van der Waals surface area contributed by atoms with Gasteiger partial charge in [-0.25, -0.2) is 4.39 Å². The Balaban J connectivity index is 2.01. The fourth-order valence-electron chi connectivity index (χ4n) is 1.24. The maximum Gasteiger partial charge on any atom is 0.254 e. The molecule has 0 saturated carbocycles. The molecule has 0 aliphatic carbocycles. The van der Waals surface area contributed by atoms with E-state index < -0.39 is 11.7 Å². The van der Waals surface area contributed by atoms with Gasteiger partial charge in [0.25, 0.3) is 5.91 Å². The first-order chi connectivity index (χ1) is 7.77. The van der Waals surface area contributed by atoms with Gasteiger partial charge in [0.2, 0.25) is 0 Å². The smallest absolute Gasteiger partial charge is 0.254 e. The van der Waals surface area contributed by atoms with Gasteiger partial charge in [0.15, 0.2) is 5.82 Å². The normalized spacial score (nSPS) is 10.1. The highest BCUT2D eigenvalue weighted by Gasteiger charge is 2.10. The summed E-state index contributed by atoms with van der Waals surface area (Å²) in [5.74, 6) is -1.03. The lowest BCUT2D eigenvalue weighted by Crippen LogP contribution is -2.23. The summed E-state index contributed by atoms with van der Waals surface area (Å²) in [6.07, 6.45) is 2.42. The number of rotatable bonds is 3. The van der Waals surface area contributed by atoms with Crippen LogP contribution in [0.1, 0.15) is 15.2 Å².